The second-order valence-electron chi connectivity index (χ2n) is 9.35. The van der Waals surface area contributed by atoms with E-state index >= 15 is 0 Å². The van der Waals surface area contributed by atoms with E-state index < -0.39 is 5.91 Å². The van der Waals surface area contributed by atoms with Crippen LogP contribution < -0.4 is 21.3 Å². The molecule has 2 heterocycles. The highest BCUT2D eigenvalue weighted by Crippen LogP contribution is 2.24. The summed E-state index contributed by atoms with van der Waals surface area (Å²) in [6.07, 6.45) is 1.52. The fourth-order valence-electron chi connectivity index (χ4n) is 4.62. The molecule has 4 rings (SSSR count). The van der Waals surface area contributed by atoms with Crippen molar-refractivity contribution in [1.82, 2.24) is 14.8 Å². The minimum absolute atomic E-state index is 0.369. The van der Waals surface area contributed by atoms with E-state index in [0.717, 1.165) is 63.6 Å². The first-order chi connectivity index (χ1) is 18.1. The number of aromatic nitrogens is 1. The molecule has 1 aliphatic heterocycles. The Morgan fingerprint density at radius 1 is 1.00 bits per heavy atom. The minimum Gasteiger partial charge on any atom is -0.380 e. The van der Waals surface area contributed by atoms with Gasteiger partial charge >= 0.3 is 0 Å². The molecule has 1 aliphatic rings. The zero-order valence-electron chi connectivity index (χ0n) is 22.0. The molecule has 3 aromatic rings. The summed E-state index contributed by atoms with van der Waals surface area (Å²) in [4.78, 5) is 23.8. The maximum absolute atomic E-state index is 11.9. The van der Waals surface area contributed by atoms with E-state index in [1.807, 2.05) is 36.4 Å². The van der Waals surface area contributed by atoms with E-state index in [4.69, 9.17) is 5.73 Å². The molecule has 1 aromatic heterocycles. The van der Waals surface area contributed by atoms with Gasteiger partial charge in [-0.15, -0.1) is 0 Å². The standard InChI is InChI=1S/C29H39N7O/c1-3-34(4-2)14-15-35-16-18-36(19-17-35)25-12-10-24(11-13-25)33-28-20-27(26(22-32-28)29(30)37)31-21-23-8-6-5-7-9-23/h5-13,20,22H,3-4,14-19,21H2,1-2H3,(H2,30,37)(H2,31,32,33). The Balaban J connectivity index is 1.33. The largest absolute Gasteiger partial charge is 0.380 e. The van der Waals surface area contributed by atoms with Crippen LogP contribution in [0.2, 0.25) is 0 Å². The van der Waals surface area contributed by atoms with Crippen LogP contribution in [0.3, 0.4) is 0 Å². The predicted octanol–water partition coefficient (Wildman–Crippen LogP) is 4.00. The molecule has 1 saturated heterocycles. The summed E-state index contributed by atoms with van der Waals surface area (Å²) < 4.78 is 0. The van der Waals surface area contributed by atoms with Gasteiger partial charge < -0.3 is 26.2 Å². The van der Waals surface area contributed by atoms with Crippen LogP contribution in [0.4, 0.5) is 22.9 Å². The Kier molecular flexibility index (Phi) is 9.35. The normalized spacial score (nSPS) is 14.1. The monoisotopic (exact) mass is 501 g/mol. The Labute approximate surface area is 220 Å². The van der Waals surface area contributed by atoms with Crippen LogP contribution in [0.5, 0.6) is 0 Å². The molecule has 0 aliphatic carbocycles. The number of amides is 1. The Bertz CT molecular complexity index is 1120. The number of anilines is 4. The number of pyridine rings is 1. The van der Waals surface area contributed by atoms with E-state index in [1.165, 1.54) is 11.9 Å². The fraction of sp³-hybridized carbons (Fsp3) is 0.379. The van der Waals surface area contributed by atoms with Gasteiger partial charge in [-0.05, 0) is 42.9 Å². The predicted molar refractivity (Wildman–Crippen MR) is 153 cm³/mol. The van der Waals surface area contributed by atoms with Gasteiger partial charge in [-0.1, -0.05) is 44.2 Å². The number of primary amides is 1. The summed E-state index contributed by atoms with van der Waals surface area (Å²) in [7, 11) is 0. The van der Waals surface area contributed by atoms with Crippen LogP contribution >= 0.6 is 0 Å². The number of benzene rings is 2. The lowest BCUT2D eigenvalue weighted by atomic mass is 10.2. The first-order valence-electron chi connectivity index (χ1n) is 13.2. The lowest BCUT2D eigenvalue weighted by Gasteiger charge is -2.37. The molecule has 0 saturated carbocycles. The molecule has 196 valence electrons. The number of nitrogens with zero attached hydrogens (tertiary/aromatic N) is 4. The van der Waals surface area contributed by atoms with Crippen molar-refractivity contribution >= 4 is 28.8 Å². The zero-order valence-corrected chi connectivity index (χ0v) is 22.0. The van der Waals surface area contributed by atoms with Crippen molar-refractivity contribution in [3.63, 3.8) is 0 Å². The summed E-state index contributed by atoms with van der Waals surface area (Å²) in [5.74, 6) is 0.141. The van der Waals surface area contributed by atoms with Crippen molar-refractivity contribution in [3.8, 4) is 0 Å². The van der Waals surface area contributed by atoms with Gasteiger partial charge in [0.05, 0.1) is 11.3 Å². The molecule has 0 spiro atoms. The molecule has 1 fully saturated rings. The van der Waals surface area contributed by atoms with Gasteiger partial charge in [0.1, 0.15) is 5.82 Å². The van der Waals surface area contributed by atoms with Gasteiger partial charge in [0.2, 0.25) is 0 Å². The number of rotatable bonds is 12. The van der Waals surface area contributed by atoms with E-state index in [9.17, 15) is 4.79 Å². The maximum Gasteiger partial charge on any atom is 0.252 e. The molecule has 0 unspecified atom stereocenters. The first-order valence-corrected chi connectivity index (χ1v) is 13.2. The summed E-state index contributed by atoms with van der Waals surface area (Å²) in [5.41, 5.74) is 9.89. The molecule has 2 aromatic carbocycles. The topological polar surface area (TPSA) is 89.8 Å². The maximum atomic E-state index is 11.9. The second-order valence-corrected chi connectivity index (χ2v) is 9.35. The summed E-state index contributed by atoms with van der Waals surface area (Å²) in [5, 5.41) is 6.67. The van der Waals surface area contributed by atoms with Crippen LogP contribution in [0.15, 0.2) is 66.9 Å². The van der Waals surface area contributed by atoms with Crippen molar-refractivity contribution in [1.29, 1.82) is 0 Å². The van der Waals surface area contributed by atoms with Gasteiger partial charge in [-0.25, -0.2) is 4.98 Å². The van der Waals surface area contributed by atoms with E-state index in [0.29, 0.717) is 23.6 Å². The minimum atomic E-state index is -0.507. The van der Waals surface area contributed by atoms with Crippen molar-refractivity contribution < 1.29 is 4.79 Å². The van der Waals surface area contributed by atoms with Gasteiger partial charge in [0.25, 0.3) is 5.91 Å². The summed E-state index contributed by atoms with van der Waals surface area (Å²) >= 11 is 0. The SMILES string of the molecule is CCN(CC)CCN1CCN(c2ccc(Nc3cc(NCc4ccccc4)c(C(N)=O)cn3)cc2)CC1. The molecule has 4 N–H and O–H groups in total. The number of carbonyl (C=O) groups is 1. The third kappa shape index (κ3) is 7.44. The van der Waals surface area contributed by atoms with Gasteiger partial charge in [0, 0.05) is 69.5 Å². The summed E-state index contributed by atoms with van der Waals surface area (Å²) in [6, 6.07) is 20.3. The number of piperazine rings is 1. The average molecular weight is 502 g/mol. The zero-order chi connectivity index (χ0) is 26.0. The average Bonchev–Trinajstić information content (AvgIpc) is 2.94. The molecule has 8 nitrogen and oxygen atoms in total. The molecule has 0 bridgehead atoms. The van der Waals surface area contributed by atoms with Crippen molar-refractivity contribution in [2.24, 2.45) is 5.73 Å². The number of likely N-dealkylation sites (N-methyl/N-ethyl adjacent to an activating group) is 1. The van der Waals surface area contributed by atoms with Gasteiger partial charge in [-0.3, -0.25) is 9.69 Å². The van der Waals surface area contributed by atoms with Crippen LogP contribution in [0, 0.1) is 0 Å². The molecule has 0 atom stereocenters. The van der Waals surface area contributed by atoms with Crippen LogP contribution in [-0.4, -0.2) is 73.0 Å². The molecule has 8 heteroatoms. The molecule has 1 amide bonds. The molecular formula is C29H39N7O. The van der Waals surface area contributed by atoms with Crippen LogP contribution in [0.25, 0.3) is 0 Å². The van der Waals surface area contributed by atoms with Crippen LogP contribution in [0.1, 0.15) is 29.8 Å². The lowest BCUT2D eigenvalue weighted by molar-refractivity contribution is 0.100. The second kappa shape index (κ2) is 13.1. The highest BCUT2D eigenvalue weighted by atomic mass is 16.1. The quantitative estimate of drug-likeness (QED) is 0.346. The van der Waals surface area contributed by atoms with Crippen LogP contribution in [-0.2, 0) is 6.54 Å². The molecule has 37 heavy (non-hydrogen) atoms. The Hall–Kier alpha value is -3.62. The number of nitrogens with two attached hydrogens (primary N) is 1. The summed E-state index contributed by atoms with van der Waals surface area (Å²) in [6.45, 7) is 13.8. The third-order valence-corrected chi connectivity index (χ3v) is 7.00. The first kappa shape index (κ1) is 26.4. The highest BCUT2D eigenvalue weighted by Gasteiger charge is 2.17. The third-order valence-electron chi connectivity index (χ3n) is 7.00. The highest BCUT2D eigenvalue weighted by molar-refractivity contribution is 5.98. The van der Waals surface area contributed by atoms with E-state index in [-0.39, 0.29) is 0 Å². The van der Waals surface area contributed by atoms with Crippen molar-refractivity contribution in [2.45, 2.75) is 20.4 Å². The number of hydrogen-bond acceptors (Lipinski definition) is 7. The number of hydrogen-bond donors (Lipinski definition) is 3. The van der Waals surface area contributed by atoms with Crippen molar-refractivity contribution in [2.75, 3.05) is 67.9 Å². The molecular weight excluding hydrogens is 462 g/mol. The lowest BCUT2D eigenvalue weighted by Crippen LogP contribution is -2.48. The van der Waals surface area contributed by atoms with E-state index in [1.54, 1.807) is 0 Å². The number of carbonyl (C=O) groups excluding carboxylic acids is 1. The number of nitrogens with one attached hydrogen (secondary N) is 2. The van der Waals surface area contributed by atoms with Crippen molar-refractivity contribution in [3.05, 3.63) is 78.0 Å². The fourth-order valence-corrected chi connectivity index (χ4v) is 4.62. The Morgan fingerprint density at radius 3 is 2.35 bits per heavy atom. The molecule has 0 radical (unpaired) electrons. The van der Waals surface area contributed by atoms with Gasteiger partial charge in [0.15, 0.2) is 0 Å². The van der Waals surface area contributed by atoms with Gasteiger partial charge in [-0.2, -0.15) is 0 Å². The van der Waals surface area contributed by atoms with E-state index in [2.05, 4.69) is 68.4 Å². The smallest absolute Gasteiger partial charge is 0.252 e. The Morgan fingerprint density at radius 2 is 1.70 bits per heavy atom.